The highest BCUT2D eigenvalue weighted by atomic mass is 16.2. The number of amides is 2. The van der Waals surface area contributed by atoms with Crippen LogP contribution < -0.4 is 15.1 Å². The number of pyridine rings is 1. The standard InChI is InChI=1S/C30H40N4O3/c1-20(2)15-28(34-27-11-6-5-10-23(27)12-13-29(34)36)30(37)32-26(16-22(4)35)24-17-25(19-31-18-24)33-14-8-7-9-21(33)3/h5-6,10-11,17-21,26,28H,7-9,12-16H2,1-4H3,(H,32,37)/t21-,26-,28?/m0/s1. The molecule has 1 unspecified atom stereocenters. The van der Waals surface area contributed by atoms with Gasteiger partial charge in [-0.05, 0) is 75.1 Å². The second kappa shape index (κ2) is 11.9. The van der Waals surface area contributed by atoms with Gasteiger partial charge in [0.1, 0.15) is 11.8 Å². The number of anilines is 2. The van der Waals surface area contributed by atoms with Gasteiger partial charge in [-0.1, -0.05) is 32.0 Å². The number of aryl methyl sites for hydroxylation is 1. The normalized spacial score (nSPS) is 19.4. The van der Waals surface area contributed by atoms with Crippen LogP contribution in [0.3, 0.4) is 0 Å². The highest BCUT2D eigenvalue weighted by Crippen LogP contribution is 2.32. The highest BCUT2D eigenvalue weighted by molar-refractivity contribution is 6.03. The molecule has 198 valence electrons. The fraction of sp³-hybridized carbons (Fsp3) is 0.533. The highest BCUT2D eigenvalue weighted by Gasteiger charge is 2.36. The van der Waals surface area contributed by atoms with Gasteiger partial charge in [-0.25, -0.2) is 0 Å². The van der Waals surface area contributed by atoms with Crippen LogP contribution >= 0.6 is 0 Å². The first kappa shape index (κ1) is 26.8. The van der Waals surface area contributed by atoms with E-state index in [4.69, 9.17) is 0 Å². The van der Waals surface area contributed by atoms with Gasteiger partial charge in [0.15, 0.2) is 0 Å². The number of nitrogens with zero attached hydrogens (tertiary/aromatic N) is 3. The molecule has 1 fully saturated rings. The number of fused-ring (bicyclic) bond motifs is 1. The Hall–Kier alpha value is -3.22. The smallest absolute Gasteiger partial charge is 0.243 e. The quantitative estimate of drug-likeness (QED) is 0.520. The molecule has 1 aromatic heterocycles. The lowest BCUT2D eigenvalue weighted by molar-refractivity contribution is -0.128. The number of hydrogen-bond donors (Lipinski definition) is 1. The van der Waals surface area contributed by atoms with Crippen molar-refractivity contribution in [3.05, 3.63) is 53.9 Å². The maximum atomic E-state index is 13.9. The third kappa shape index (κ3) is 6.38. The Kier molecular flexibility index (Phi) is 8.62. The van der Waals surface area contributed by atoms with Gasteiger partial charge < -0.3 is 10.2 Å². The number of benzene rings is 1. The number of carbonyl (C=O) groups excluding carboxylic acids is 3. The lowest BCUT2D eigenvalue weighted by Crippen LogP contribution is -2.52. The van der Waals surface area contributed by atoms with Crippen molar-refractivity contribution in [1.82, 2.24) is 10.3 Å². The number of piperidine rings is 1. The number of aromatic nitrogens is 1. The zero-order valence-electron chi connectivity index (χ0n) is 22.6. The summed E-state index contributed by atoms with van der Waals surface area (Å²) >= 11 is 0. The summed E-state index contributed by atoms with van der Waals surface area (Å²) < 4.78 is 0. The molecule has 4 rings (SSSR count). The third-order valence-electron chi connectivity index (χ3n) is 7.53. The SMILES string of the molecule is CC(=O)C[C@H](NC(=O)C(CC(C)C)N1C(=O)CCc2ccccc21)c1cncc(N2CCCC[C@@H]2C)c1. The van der Waals surface area contributed by atoms with Crippen LogP contribution in [0.25, 0.3) is 0 Å². The van der Waals surface area contributed by atoms with Crippen LogP contribution in [0.2, 0.25) is 0 Å². The van der Waals surface area contributed by atoms with Gasteiger partial charge in [-0.15, -0.1) is 0 Å². The van der Waals surface area contributed by atoms with Crippen LogP contribution in [0, 0.1) is 5.92 Å². The fourth-order valence-electron chi connectivity index (χ4n) is 5.65. The number of carbonyl (C=O) groups is 3. The average Bonchev–Trinajstić information content (AvgIpc) is 2.87. The van der Waals surface area contributed by atoms with E-state index >= 15 is 0 Å². The molecule has 0 aliphatic carbocycles. The van der Waals surface area contributed by atoms with Crippen molar-refractivity contribution in [2.45, 2.75) is 90.8 Å². The minimum absolute atomic E-state index is 0.0122. The molecule has 2 aliphatic rings. The Morgan fingerprint density at radius 1 is 1.14 bits per heavy atom. The van der Waals surface area contributed by atoms with Gasteiger partial charge in [0.25, 0.3) is 0 Å². The van der Waals surface area contributed by atoms with Gasteiger partial charge in [-0.3, -0.25) is 24.3 Å². The lowest BCUT2D eigenvalue weighted by Gasteiger charge is -2.37. The number of nitrogens with one attached hydrogen (secondary N) is 1. The van der Waals surface area contributed by atoms with Gasteiger partial charge >= 0.3 is 0 Å². The van der Waals surface area contributed by atoms with Crippen LogP contribution in [0.15, 0.2) is 42.7 Å². The minimum Gasteiger partial charge on any atom is -0.368 e. The molecule has 37 heavy (non-hydrogen) atoms. The van der Waals surface area contributed by atoms with E-state index in [0.29, 0.717) is 25.3 Å². The topological polar surface area (TPSA) is 82.6 Å². The maximum Gasteiger partial charge on any atom is 0.243 e. The molecule has 3 atom stereocenters. The minimum atomic E-state index is -0.651. The molecule has 7 heteroatoms. The summed E-state index contributed by atoms with van der Waals surface area (Å²) in [7, 11) is 0. The molecule has 0 bridgehead atoms. The van der Waals surface area contributed by atoms with Gasteiger partial charge in [0.05, 0.1) is 17.9 Å². The van der Waals surface area contributed by atoms with Crippen molar-refractivity contribution in [2.24, 2.45) is 5.92 Å². The molecule has 7 nitrogen and oxygen atoms in total. The number of hydrogen-bond acceptors (Lipinski definition) is 5. The summed E-state index contributed by atoms with van der Waals surface area (Å²) in [6.45, 7) is 8.86. The average molecular weight is 505 g/mol. The first-order chi connectivity index (χ1) is 17.7. The molecule has 0 spiro atoms. The molecule has 1 aromatic carbocycles. The van der Waals surface area contributed by atoms with Gasteiger partial charge in [0, 0.05) is 37.3 Å². The van der Waals surface area contributed by atoms with E-state index in [0.717, 1.165) is 41.9 Å². The van der Waals surface area contributed by atoms with E-state index in [2.05, 4.69) is 42.0 Å². The molecular formula is C30H40N4O3. The van der Waals surface area contributed by atoms with Crippen LogP contribution in [-0.4, -0.2) is 41.2 Å². The van der Waals surface area contributed by atoms with E-state index in [1.165, 1.54) is 6.42 Å². The van der Waals surface area contributed by atoms with Crippen molar-refractivity contribution in [2.75, 3.05) is 16.3 Å². The van der Waals surface area contributed by atoms with Crippen molar-refractivity contribution < 1.29 is 14.4 Å². The van der Waals surface area contributed by atoms with Crippen molar-refractivity contribution in [3.8, 4) is 0 Å². The Bertz CT molecular complexity index is 1130. The number of para-hydroxylation sites is 1. The number of rotatable bonds is 9. The number of ketones is 1. The van der Waals surface area contributed by atoms with E-state index in [-0.39, 0.29) is 29.9 Å². The molecule has 3 heterocycles. The predicted molar refractivity (Wildman–Crippen MR) is 147 cm³/mol. The first-order valence-corrected chi connectivity index (χ1v) is 13.7. The largest absolute Gasteiger partial charge is 0.368 e. The molecule has 2 aliphatic heterocycles. The lowest BCUT2D eigenvalue weighted by atomic mass is 9.94. The second-order valence-corrected chi connectivity index (χ2v) is 11.0. The molecule has 0 saturated carbocycles. The second-order valence-electron chi connectivity index (χ2n) is 11.0. The first-order valence-electron chi connectivity index (χ1n) is 13.7. The van der Waals surface area contributed by atoms with Crippen LogP contribution in [-0.2, 0) is 20.8 Å². The zero-order valence-corrected chi connectivity index (χ0v) is 22.6. The summed E-state index contributed by atoms with van der Waals surface area (Å²) in [5.74, 6) is -0.0801. The van der Waals surface area contributed by atoms with Crippen molar-refractivity contribution >= 4 is 29.0 Å². The Balaban J connectivity index is 1.63. The van der Waals surface area contributed by atoms with E-state index in [1.54, 1.807) is 18.0 Å². The molecule has 0 radical (unpaired) electrons. The van der Waals surface area contributed by atoms with Gasteiger partial charge in [0.2, 0.25) is 11.8 Å². The van der Waals surface area contributed by atoms with Crippen LogP contribution in [0.4, 0.5) is 11.4 Å². The van der Waals surface area contributed by atoms with E-state index in [1.807, 2.05) is 30.5 Å². The third-order valence-corrected chi connectivity index (χ3v) is 7.53. The summed E-state index contributed by atoms with van der Waals surface area (Å²) in [5, 5.41) is 3.15. The summed E-state index contributed by atoms with van der Waals surface area (Å²) in [5.41, 5.74) is 3.72. The Morgan fingerprint density at radius 3 is 2.65 bits per heavy atom. The van der Waals surface area contributed by atoms with Crippen molar-refractivity contribution in [1.29, 1.82) is 0 Å². The Labute approximate surface area is 220 Å². The summed E-state index contributed by atoms with van der Waals surface area (Å²) in [6.07, 6.45) is 8.88. The molecule has 1 N–H and O–H groups in total. The maximum absolute atomic E-state index is 13.9. The number of Topliss-reactive ketones (excluding diaryl/α,β-unsaturated/α-hetero) is 1. The van der Waals surface area contributed by atoms with Crippen LogP contribution in [0.5, 0.6) is 0 Å². The molecule has 2 amide bonds. The van der Waals surface area contributed by atoms with E-state index < -0.39 is 12.1 Å². The Morgan fingerprint density at radius 2 is 1.92 bits per heavy atom. The molecule has 2 aromatic rings. The van der Waals surface area contributed by atoms with Crippen molar-refractivity contribution in [3.63, 3.8) is 0 Å². The zero-order chi connectivity index (χ0) is 26.5. The molecule has 1 saturated heterocycles. The van der Waals surface area contributed by atoms with E-state index in [9.17, 15) is 14.4 Å². The monoisotopic (exact) mass is 504 g/mol. The van der Waals surface area contributed by atoms with Crippen LogP contribution in [0.1, 0.15) is 83.4 Å². The summed E-state index contributed by atoms with van der Waals surface area (Å²) in [6, 6.07) is 9.14. The van der Waals surface area contributed by atoms with Gasteiger partial charge in [-0.2, -0.15) is 0 Å². The molecular weight excluding hydrogens is 464 g/mol. The fourth-order valence-corrected chi connectivity index (χ4v) is 5.65. The summed E-state index contributed by atoms with van der Waals surface area (Å²) in [4.78, 5) is 47.8. The predicted octanol–water partition coefficient (Wildman–Crippen LogP) is 4.99.